The summed E-state index contributed by atoms with van der Waals surface area (Å²) in [5, 5.41) is 2.98. The van der Waals surface area contributed by atoms with E-state index in [-0.39, 0.29) is 11.8 Å². The predicted molar refractivity (Wildman–Crippen MR) is 67.4 cm³/mol. The van der Waals surface area contributed by atoms with E-state index < -0.39 is 0 Å². The molecule has 1 fully saturated rings. The Morgan fingerprint density at radius 3 is 2.88 bits per heavy atom. The molecule has 0 bridgehead atoms. The lowest BCUT2D eigenvalue weighted by atomic mass is 9.99. The van der Waals surface area contributed by atoms with Gasteiger partial charge in [-0.2, -0.15) is 0 Å². The Labute approximate surface area is 107 Å². The highest BCUT2D eigenvalue weighted by Crippen LogP contribution is 2.22. The van der Waals surface area contributed by atoms with Crippen molar-refractivity contribution in [2.75, 3.05) is 13.2 Å². The number of nitrogens with one attached hydrogen (secondary N) is 1. The predicted octanol–water partition coefficient (Wildman–Crippen LogP) is 2.55. The van der Waals surface area contributed by atoms with E-state index in [4.69, 9.17) is 4.74 Å². The highest BCUT2D eigenvalue weighted by Gasteiger charge is 2.21. The third kappa shape index (κ3) is 3.30. The summed E-state index contributed by atoms with van der Waals surface area (Å²) in [6.45, 7) is 2.05. The van der Waals surface area contributed by atoms with Crippen LogP contribution in [0.25, 0.3) is 0 Å². The summed E-state index contributed by atoms with van der Waals surface area (Å²) in [5.41, 5.74) is 0. The van der Waals surface area contributed by atoms with Crippen LogP contribution in [0.5, 0.6) is 0 Å². The standard InChI is InChI=1S/C11H14BrNO2S/c12-10-2-1-9(16-10)7-13-11(14)8-3-5-15-6-4-8/h1-2,8H,3-7H2,(H,13,14). The molecule has 0 atom stereocenters. The Bertz CT molecular complexity index is 361. The lowest BCUT2D eigenvalue weighted by Gasteiger charge is -2.20. The second-order valence-corrected chi connectivity index (χ2v) is 6.36. The Morgan fingerprint density at radius 1 is 1.50 bits per heavy atom. The van der Waals surface area contributed by atoms with Gasteiger partial charge in [0.15, 0.2) is 0 Å². The number of hydrogen-bond acceptors (Lipinski definition) is 3. The fourth-order valence-corrected chi connectivity index (χ4v) is 3.15. The molecule has 16 heavy (non-hydrogen) atoms. The molecule has 3 nitrogen and oxygen atoms in total. The lowest BCUT2D eigenvalue weighted by molar-refractivity contribution is -0.127. The number of ether oxygens (including phenoxy) is 1. The number of hydrogen-bond donors (Lipinski definition) is 1. The molecule has 2 rings (SSSR count). The van der Waals surface area contributed by atoms with Crippen LogP contribution >= 0.6 is 27.3 Å². The third-order valence-corrected chi connectivity index (χ3v) is 4.28. The first-order chi connectivity index (χ1) is 7.75. The van der Waals surface area contributed by atoms with Crippen LogP contribution in [0.4, 0.5) is 0 Å². The fourth-order valence-electron chi connectivity index (χ4n) is 1.73. The van der Waals surface area contributed by atoms with E-state index in [0.717, 1.165) is 16.6 Å². The highest BCUT2D eigenvalue weighted by molar-refractivity contribution is 9.11. The van der Waals surface area contributed by atoms with Crippen LogP contribution in [-0.2, 0) is 16.1 Å². The van der Waals surface area contributed by atoms with E-state index in [1.54, 1.807) is 11.3 Å². The topological polar surface area (TPSA) is 38.3 Å². The number of carbonyl (C=O) groups excluding carboxylic acids is 1. The number of rotatable bonds is 3. The number of halogens is 1. The van der Waals surface area contributed by atoms with Gasteiger partial charge in [0.05, 0.1) is 10.3 Å². The first-order valence-corrected chi connectivity index (χ1v) is 6.96. The van der Waals surface area contributed by atoms with Gasteiger partial charge in [0.1, 0.15) is 0 Å². The van der Waals surface area contributed by atoms with Crippen molar-refractivity contribution in [3.8, 4) is 0 Å². The van der Waals surface area contributed by atoms with E-state index in [1.807, 2.05) is 12.1 Å². The van der Waals surface area contributed by atoms with Gasteiger partial charge in [-0.25, -0.2) is 0 Å². The molecule has 0 unspecified atom stereocenters. The maximum absolute atomic E-state index is 11.8. The zero-order valence-electron chi connectivity index (χ0n) is 8.87. The first kappa shape index (κ1) is 12.1. The van der Waals surface area contributed by atoms with Crippen molar-refractivity contribution in [2.45, 2.75) is 19.4 Å². The lowest BCUT2D eigenvalue weighted by Crippen LogP contribution is -2.33. The summed E-state index contributed by atoms with van der Waals surface area (Å²) in [6, 6.07) is 4.03. The number of amides is 1. The first-order valence-electron chi connectivity index (χ1n) is 5.35. The molecule has 0 aromatic carbocycles. The van der Waals surface area contributed by atoms with Crippen molar-refractivity contribution in [2.24, 2.45) is 5.92 Å². The molecule has 1 saturated heterocycles. The molecule has 1 aliphatic heterocycles. The summed E-state index contributed by atoms with van der Waals surface area (Å²) >= 11 is 5.06. The normalized spacial score (nSPS) is 17.3. The quantitative estimate of drug-likeness (QED) is 0.932. The Morgan fingerprint density at radius 2 is 2.25 bits per heavy atom. The van der Waals surface area contributed by atoms with Crippen LogP contribution in [0.1, 0.15) is 17.7 Å². The number of thiophene rings is 1. The van der Waals surface area contributed by atoms with E-state index in [2.05, 4.69) is 21.2 Å². The fraction of sp³-hybridized carbons (Fsp3) is 0.545. The van der Waals surface area contributed by atoms with Crippen LogP contribution in [0.15, 0.2) is 15.9 Å². The molecule has 0 spiro atoms. The van der Waals surface area contributed by atoms with Crippen LogP contribution < -0.4 is 5.32 Å². The van der Waals surface area contributed by atoms with Gasteiger partial charge in [-0.15, -0.1) is 11.3 Å². The van der Waals surface area contributed by atoms with Crippen molar-refractivity contribution < 1.29 is 9.53 Å². The SMILES string of the molecule is O=C(NCc1ccc(Br)s1)C1CCOCC1. The molecular formula is C11H14BrNO2S. The monoisotopic (exact) mass is 303 g/mol. The smallest absolute Gasteiger partial charge is 0.223 e. The van der Waals surface area contributed by atoms with Crippen molar-refractivity contribution in [3.63, 3.8) is 0 Å². The van der Waals surface area contributed by atoms with E-state index in [1.165, 1.54) is 4.88 Å². The summed E-state index contributed by atoms with van der Waals surface area (Å²) in [7, 11) is 0. The van der Waals surface area contributed by atoms with Crippen LogP contribution in [0.2, 0.25) is 0 Å². The van der Waals surface area contributed by atoms with Gasteiger partial charge in [-0.05, 0) is 40.9 Å². The van der Waals surface area contributed by atoms with Gasteiger partial charge in [-0.3, -0.25) is 4.79 Å². The minimum Gasteiger partial charge on any atom is -0.381 e. The molecule has 1 aliphatic rings. The van der Waals surface area contributed by atoms with Crippen molar-refractivity contribution in [1.29, 1.82) is 0 Å². The van der Waals surface area contributed by atoms with E-state index >= 15 is 0 Å². The van der Waals surface area contributed by atoms with Crippen LogP contribution in [0, 0.1) is 5.92 Å². The minimum absolute atomic E-state index is 0.136. The zero-order valence-corrected chi connectivity index (χ0v) is 11.3. The summed E-state index contributed by atoms with van der Waals surface area (Å²) in [4.78, 5) is 13.0. The Kier molecular flexibility index (Phi) is 4.37. The molecule has 1 aromatic rings. The van der Waals surface area contributed by atoms with Crippen molar-refractivity contribution >= 4 is 33.2 Å². The summed E-state index contributed by atoms with van der Waals surface area (Å²) in [5.74, 6) is 0.296. The summed E-state index contributed by atoms with van der Waals surface area (Å²) < 4.78 is 6.33. The molecular weight excluding hydrogens is 290 g/mol. The zero-order chi connectivity index (χ0) is 11.4. The average molecular weight is 304 g/mol. The Hall–Kier alpha value is -0.390. The molecule has 1 aromatic heterocycles. The second kappa shape index (κ2) is 5.80. The van der Waals surface area contributed by atoms with Crippen molar-refractivity contribution in [3.05, 3.63) is 20.8 Å². The second-order valence-electron chi connectivity index (χ2n) is 3.81. The Balaban J connectivity index is 1.78. The molecule has 1 amide bonds. The van der Waals surface area contributed by atoms with E-state index in [9.17, 15) is 4.79 Å². The maximum atomic E-state index is 11.8. The highest BCUT2D eigenvalue weighted by atomic mass is 79.9. The molecule has 2 heterocycles. The van der Waals surface area contributed by atoms with Gasteiger partial charge < -0.3 is 10.1 Å². The molecule has 1 N–H and O–H groups in total. The minimum atomic E-state index is 0.136. The van der Waals surface area contributed by atoms with Crippen LogP contribution in [0.3, 0.4) is 0 Å². The van der Waals surface area contributed by atoms with Crippen LogP contribution in [-0.4, -0.2) is 19.1 Å². The molecule has 0 saturated carbocycles. The van der Waals surface area contributed by atoms with Gasteiger partial charge >= 0.3 is 0 Å². The van der Waals surface area contributed by atoms with Gasteiger partial charge in [0, 0.05) is 24.0 Å². The molecule has 5 heteroatoms. The molecule has 0 aliphatic carbocycles. The largest absolute Gasteiger partial charge is 0.381 e. The average Bonchev–Trinajstić information content (AvgIpc) is 2.73. The molecule has 0 radical (unpaired) electrons. The van der Waals surface area contributed by atoms with Gasteiger partial charge in [0.2, 0.25) is 5.91 Å². The van der Waals surface area contributed by atoms with Gasteiger partial charge in [0.25, 0.3) is 0 Å². The van der Waals surface area contributed by atoms with Gasteiger partial charge in [-0.1, -0.05) is 0 Å². The molecule has 88 valence electrons. The summed E-state index contributed by atoms with van der Waals surface area (Å²) in [6.07, 6.45) is 1.69. The third-order valence-electron chi connectivity index (χ3n) is 2.66. The maximum Gasteiger partial charge on any atom is 0.223 e. The van der Waals surface area contributed by atoms with E-state index in [0.29, 0.717) is 19.8 Å². The number of carbonyl (C=O) groups is 1. The van der Waals surface area contributed by atoms with Crippen molar-refractivity contribution in [1.82, 2.24) is 5.32 Å².